The normalized spacial score (nSPS) is 11.2. The molecule has 2 rings (SSSR count). The van der Waals surface area contributed by atoms with E-state index < -0.39 is 0 Å². The molecule has 0 unspecified atom stereocenters. The molecule has 21 heavy (non-hydrogen) atoms. The molecular weight excluding hydrogens is 290 g/mol. The molecule has 0 bridgehead atoms. The highest BCUT2D eigenvalue weighted by molar-refractivity contribution is 6.31. The van der Waals surface area contributed by atoms with Gasteiger partial charge in [0.2, 0.25) is 5.91 Å². The summed E-state index contributed by atoms with van der Waals surface area (Å²) in [5.74, 6) is -0.149. The summed E-state index contributed by atoms with van der Waals surface area (Å²) < 4.78 is 0. The van der Waals surface area contributed by atoms with E-state index in [1.54, 1.807) is 30.3 Å². The fraction of sp³-hybridized carbons (Fsp3) is 0.0667. The highest BCUT2D eigenvalue weighted by atomic mass is 35.5. The number of hydrogen-bond acceptors (Lipinski definition) is 3. The molecule has 6 heteroatoms. The van der Waals surface area contributed by atoms with Crippen LogP contribution in [0.5, 0.6) is 0 Å². The zero-order chi connectivity index (χ0) is 15.2. The molecule has 0 atom stereocenters. The van der Waals surface area contributed by atoms with Crippen molar-refractivity contribution >= 4 is 29.0 Å². The van der Waals surface area contributed by atoms with Gasteiger partial charge in [-0.25, -0.2) is 0 Å². The summed E-state index contributed by atoms with van der Waals surface area (Å²) in [6.45, 7) is 0. The number of amidine groups is 1. The van der Waals surface area contributed by atoms with E-state index in [9.17, 15) is 4.79 Å². The van der Waals surface area contributed by atoms with Crippen molar-refractivity contribution in [2.24, 2.45) is 10.9 Å². The van der Waals surface area contributed by atoms with E-state index in [1.165, 1.54) is 0 Å². The van der Waals surface area contributed by atoms with Crippen LogP contribution in [0.15, 0.2) is 53.7 Å². The van der Waals surface area contributed by atoms with Gasteiger partial charge in [0.15, 0.2) is 5.84 Å². The van der Waals surface area contributed by atoms with E-state index in [0.717, 1.165) is 5.56 Å². The summed E-state index contributed by atoms with van der Waals surface area (Å²) >= 11 is 6.01. The quantitative estimate of drug-likeness (QED) is 0.351. The minimum Gasteiger partial charge on any atom is -0.409 e. The Bertz CT molecular complexity index is 669. The van der Waals surface area contributed by atoms with Crippen LogP contribution in [-0.4, -0.2) is 17.0 Å². The van der Waals surface area contributed by atoms with Gasteiger partial charge >= 0.3 is 0 Å². The Balaban J connectivity index is 2.02. The molecule has 0 aliphatic carbocycles. The van der Waals surface area contributed by atoms with Crippen LogP contribution in [0, 0.1) is 0 Å². The molecule has 108 valence electrons. The maximum atomic E-state index is 12.0. The maximum absolute atomic E-state index is 12.0. The van der Waals surface area contributed by atoms with Crippen molar-refractivity contribution in [3.05, 3.63) is 64.7 Å². The fourth-order valence-corrected chi connectivity index (χ4v) is 2.00. The molecule has 0 saturated carbocycles. The number of nitrogens with two attached hydrogens (primary N) is 1. The maximum Gasteiger partial charge on any atom is 0.228 e. The van der Waals surface area contributed by atoms with E-state index in [0.29, 0.717) is 16.3 Å². The molecular formula is C15H14ClN3O2. The Morgan fingerprint density at radius 3 is 2.48 bits per heavy atom. The van der Waals surface area contributed by atoms with Crippen molar-refractivity contribution < 1.29 is 10.0 Å². The van der Waals surface area contributed by atoms with E-state index in [4.69, 9.17) is 22.5 Å². The summed E-state index contributed by atoms with van der Waals surface area (Å²) in [4.78, 5) is 12.0. The predicted octanol–water partition coefficient (Wildman–Crippen LogP) is 2.62. The topological polar surface area (TPSA) is 87.7 Å². The lowest BCUT2D eigenvalue weighted by Gasteiger charge is -2.07. The molecule has 0 aliphatic heterocycles. The number of carbonyl (C=O) groups excluding carboxylic acids is 1. The predicted molar refractivity (Wildman–Crippen MR) is 82.7 cm³/mol. The van der Waals surface area contributed by atoms with Gasteiger partial charge in [-0.3, -0.25) is 4.79 Å². The van der Waals surface area contributed by atoms with Gasteiger partial charge in [0, 0.05) is 16.3 Å². The van der Waals surface area contributed by atoms with E-state index in [1.807, 2.05) is 18.2 Å². The number of amides is 1. The Morgan fingerprint density at radius 2 is 1.86 bits per heavy atom. The molecule has 0 radical (unpaired) electrons. The van der Waals surface area contributed by atoms with Crippen LogP contribution < -0.4 is 11.1 Å². The number of halogens is 1. The van der Waals surface area contributed by atoms with Crippen LogP contribution >= 0.6 is 11.6 Å². The molecule has 0 saturated heterocycles. The molecule has 1 amide bonds. The van der Waals surface area contributed by atoms with Gasteiger partial charge in [-0.15, -0.1) is 0 Å². The average molecular weight is 304 g/mol. The third kappa shape index (κ3) is 3.97. The lowest BCUT2D eigenvalue weighted by molar-refractivity contribution is -0.115. The number of anilines is 1. The first kappa shape index (κ1) is 14.9. The number of benzene rings is 2. The number of hydrogen-bond donors (Lipinski definition) is 3. The number of oxime groups is 1. The lowest BCUT2D eigenvalue weighted by Crippen LogP contribution is -2.15. The van der Waals surface area contributed by atoms with Crippen LogP contribution in [-0.2, 0) is 11.2 Å². The Kier molecular flexibility index (Phi) is 4.79. The summed E-state index contributed by atoms with van der Waals surface area (Å²) in [5.41, 5.74) is 7.43. The molecule has 2 aromatic rings. The fourth-order valence-electron chi connectivity index (χ4n) is 1.80. The molecule has 0 fully saturated rings. The summed E-state index contributed by atoms with van der Waals surface area (Å²) in [7, 11) is 0. The lowest BCUT2D eigenvalue weighted by atomic mass is 10.1. The molecule has 0 heterocycles. The van der Waals surface area contributed by atoms with Crippen molar-refractivity contribution in [1.29, 1.82) is 0 Å². The van der Waals surface area contributed by atoms with E-state index in [-0.39, 0.29) is 18.2 Å². The van der Waals surface area contributed by atoms with Crippen LogP contribution in [0.1, 0.15) is 11.1 Å². The zero-order valence-electron chi connectivity index (χ0n) is 11.1. The van der Waals surface area contributed by atoms with Gasteiger partial charge in [-0.2, -0.15) is 0 Å². The second kappa shape index (κ2) is 6.76. The van der Waals surface area contributed by atoms with Gasteiger partial charge < -0.3 is 16.3 Å². The summed E-state index contributed by atoms with van der Waals surface area (Å²) in [6.07, 6.45) is 0.196. The molecule has 0 aromatic heterocycles. The standard InChI is InChI=1S/C15H14ClN3O2/c16-13-4-2-1-3-11(13)9-14(20)18-12-7-5-10(6-8-12)15(17)19-21/h1-8,21H,9H2,(H2,17,19)(H,18,20). The van der Waals surface area contributed by atoms with Gasteiger partial charge in [-0.05, 0) is 35.9 Å². The van der Waals surface area contributed by atoms with Gasteiger partial charge in [0.05, 0.1) is 6.42 Å². The molecule has 0 aliphatic rings. The van der Waals surface area contributed by atoms with Crippen LogP contribution in [0.2, 0.25) is 5.02 Å². The van der Waals surface area contributed by atoms with Gasteiger partial charge in [0.25, 0.3) is 0 Å². The first-order chi connectivity index (χ1) is 10.1. The molecule has 5 nitrogen and oxygen atoms in total. The largest absolute Gasteiger partial charge is 0.409 e. The number of rotatable bonds is 4. The average Bonchev–Trinajstić information content (AvgIpc) is 2.49. The van der Waals surface area contributed by atoms with Gasteiger partial charge in [-0.1, -0.05) is 35.0 Å². The zero-order valence-corrected chi connectivity index (χ0v) is 11.8. The second-order valence-electron chi connectivity index (χ2n) is 4.38. The van der Waals surface area contributed by atoms with Crippen molar-refractivity contribution in [2.45, 2.75) is 6.42 Å². The van der Waals surface area contributed by atoms with Crippen molar-refractivity contribution in [3.63, 3.8) is 0 Å². The Hall–Kier alpha value is -2.53. The summed E-state index contributed by atoms with van der Waals surface area (Å²) in [6, 6.07) is 13.9. The monoisotopic (exact) mass is 303 g/mol. The molecule has 4 N–H and O–H groups in total. The minimum absolute atomic E-state index is 0.0175. The van der Waals surface area contributed by atoms with Crippen molar-refractivity contribution in [2.75, 3.05) is 5.32 Å². The van der Waals surface area contributed by atoms with Crippen molar-refractivity contribution in [1.82, 2.24) is 0 Å². The highest BCUT2D eigenvalue weighted by Crippen LogP contribution is 2.16. The van der Waals surface area contributed by atoms with Crippen LogP contribution in [0.25, 0.3) is 0 Å². The van der Waals surface area contributed by atoms with Crippen LogP contribution in [0.3, 0.4) is 0 Å². The summed E-state index contributed by atoms with van der Waals surface area (Å²) in [5, 5.41) is 14.8. The Morgan fingerprint density at radius 1 is 1.19 bits per heavy atom. The number of nitrogens with one attached hydrogen (secondary N) is 1. The number of nitrogens with zero attached hydrogens (tertiary/aromatic N) is 1. The van der Waals surface area contributed by atoms with E-state index in [2.05, 4.69) is 10.5 Å². The molecule has 0 spiro atoms. The van der Waals surface area contributed by atoms with E-state index >= 15 is 0 Å². The second-order valence-corrected chi connectivity index (χ2v) is 4.79. The molecule has 2 aromatic carbocycles. The number of carbonyl (C=O) groups is 1. The van der Waals surface area contributed by atoms with Crippen LogP contribution in [0.4, 0.5) is 5.69 Å². The van der Waals surface area contributed by atoms with Crippen molar-refractivity contribution in [3.8, 4) is 0 Å². The highest BCUT2D eigenvalue weighted by Gasteiger charge is 2.07. The first-order valence-electron chi connectivity index (χ1n) is 6.21. The Labute approximate surface area is 127 Å². The smallest absolute Gasteiger partial charge is 0.228 e. The first-order valence-corrected chi connectivity index (χ1v) is 6.59. The third-order valence-electron chi connectivity index (χ3n) is 2.88. The van der Waals surface area contributed by atoms with Gasteiger partial charge in [0.1, 0.15) is 0 Å². The minimum atomic E-state index is -0.167. The third-order valence-corrected chi connectivity index (χ3v) is 3.25. The SMILES string of the molecule is N/C(=N/O)c1ccc(NC(=O)Cc2ccccc2Cl)cc1.